The first-order valence-electron chi connectivity index (χ1n) is 11.8. The van der Waals surface area contributed by atoms with Gasteiger partial charge in [-0.1, -0.05) is 32.4 Å². The van der Waals surface area contributed by atoms with Crippen molar-refractivity contribution in [2.75, 3.05) is 6.61 Å². The number of aliphatic hydroxyl groups is 1. The lowest BCUT2D eigenvalue weighted by Crippen LogP contribution is -2.59. The van der Waals surface area contributed by atoms with E-state index < -0.39 is 54.5 Å². The molecule has 1 heterocycles. The number of hydrogen-bond acceptors (Lipinski definition) is 8. The van der Waals surface area contributed by atoms with Gasteiger partial charge < -0.3 is 42.0 Å². The van der Waals surface area contributed by atoms with Gasteiger partial charge in [-0.2, -0.15) is 0 Å². The molecule has 5 unspecified atom stereocenters. The lowest BCUT2D eigenvalue weighted by atomic mass is 9.96. The Morgan fingerprint density at radius 1 is 1.00 bits per heavy atom. The summed E-state index contributed by atoms with van der Waals surface area (Å²) < 4.78 is 0. The fourth-order valence-electron chi connectivity index (χ4n) is 3.47. The Morgan fingerprint density at radius 2 is 1.65 bits per heavy atom. The summed E-state index contributed by atoms with van der Waals surface area (Å²) in [5, 5.41) is 35.9. The molecule has 5 atom stereocenters. The number of carboxylic acid groups (broad SMARTS) is 1. The van der Waals surface area contributed by atoms with Crippen LogP contribution in [0.25, 0.3) is 0 Å². The van der Waals surface area contributed by atoms with Gasteiger partial charge in [-0.25, -0.2) is 9.78 Å². The number of nitrogens with two attached hydrogens (primary N) is 1. The third kappa shape index (κ3) is 8.88. The fourth-order valence-corrected chi connectivity index (χ4v) is 3.47. The summed E-state index contributed by atoms with van der Waals surface area (Å²) >= 11 is 0. The number of rotatable bonds is 14. The van der Waals surface area contributed by atoms with Crippen molar-refractivity contribution < 1.29 is 34.5 Å². The number of H-pyrrole nitrogens is 1. The van der Waals surface area contributed by atoms with Crippen LogP contribution in [0.2, 0.25) is 0 Å². The Morgan fingerprint density at radius 3 is 2.19 bits per heavy atom. The lowest BCUT2D eigenvalue weighted by molar-refractivity contribution is -0.142. The van der Waals surface area contributed by atoms with E-state index in [0.717, 1.165) is 0 Å². The maximum atomic E-state index is 13.3. The molecule has 2 aromatic rings. The molecule has 1 aromatic heterocycles. The van der Waals surface area contributed by atoms with E-state index >= 15 is 0 Å². The van der Waals surface area contributed by atoms with Crippen LogP contribution in [0, 0.1) is 5.92 Å². The molecule has 3 amide bonds. The molecule has 13 heteroatoms. The van der Waals surface area contributed by atoms with Crippen molar-refractivity contribution in [3.05, 3.63) is 48.0 Å². The van der Waals surface area contributed by atoms with E-state index in [1.807, 2.05) is 6.92 Å². The number of aromatic nitrogens is 2. The minimum atomic E-state index is -1.27. The first-order valence-corrected chi connectivity index (χ1v) is 11.8. The van der Waals surface area contributed by atoms with Gasteiger partial charge in [0.25, 0.3) is 0 Å². The molecule has 0 saturated carbocycles. The maximum absolute atomic E-state index is 13.3. The van der Waals surface area contributed by atoms with E-state index in [4.69, 9.17) is 5.73 Å². The number of benzene rings is 1. The predicted octanol–water partition coefficient (Wildman–Crippen LogP) is -1.19. The SMILES string of the molecule is CCC(C)C(NC(=O)C(Cc1ccc(O)cc1)NC(=O)C(N)CO)C(=O)NC(Cc1cnc[nH]1)C(=O)O. The highest BCUT2D eigenvalue weighted by Gasteiger charge is 2.33. The molecule has 0 spiro atoms. The number of aliphatic hydroxyl groups excluding tert-OH is 1. The topological polar surface area (TPSA) is 220 Å². The van der Waals surface area contributed by atoms with E-state index in [9.17, 15) is 34.5 Å². The summed E-state index contributed by atoms with van der Waals surface area (Å²) in [5.41, 5.74) is 6.69. The average molecular weight is 519 g/mol. The van der Waals surface area contributed by atoms with Gasteiger partial charge in [-0.05, 0) is 23.6 Å². The van der Waals surface area contributed by atoms with Crippen LogP contribution in [0.5, 0.6) is 5.75 Å². The fraction of sp³-hybridized carbons (Fsp3) is 0.458. The van der Waals surface area contributed by atoms with Crippen LogP contribution >= 0.6 is 0 Å². The quantitative estimate of drug-likeness (QED) is 0.150. The molecule has 0 fully saturated rings. The molecule has 0 aliphatic rings. The van der Waals surface area contributed by atoms with Gasteiger partial charge in [-0.3, -0.25) is 14.4 Å². The molecule has 37 heavy (non-hydrogen) atoms. The second-order valence-electron chi connectivity index (χ2n) is 8.77. The largest absolute Gasteiger partial charge is 0.508 e. The summed E-state index contributed by atoms with van der Waals surface area (Å²) in [6.07, 6.45) is 3.29. The number of aromatic amines is 1. The monoisotopic (exact) mass is 518 g/mol. The van der Waals surface area contributed by atoms with Crippen LogP contribution in [-0.2, 0) is 32.0 Å². The molecule has 202 valence electrons. The van der Waals surface area contributed by atoms with Gasteiger partial charge in [0.2, 0.25) is 17.7 Å². The van der Waals surface area contributed by atoms with Crippen LogP contribution in [0.3, 0.4) is 0 Å². The molecule has 0 aliphatic heterocycles. The number of nitrogens with zero attached hydrogens (tertiary/aromatic N) is 1. The van der Waals surface area contributed by atoms with Gasteiger partial charge in [0, 0.05) is 24.7 Å². The number of carboxylic acids is 1. The van der Waals surface area contributed by atoms with E-state index in [0.29, 0.717) is 17.7 Å². The van der Waals surface area contributed by atoms with Gasteiger partial charge in [-0.15, -0.1) is 0 Å². The van der Waals surface area contributed by atoms with E-state index in [-0.39, 0.29) is 24.5 Å². The molecular weight excluding hydrogens is 484 g/mol. The number of nitrogens with one attached hydrogen (secondary N) is 4. The molecule has 13 nitrogen and oxygen atoms in total. The van der Waals surface area contributed by atoms with Gasteiger partial charge >= 0.3 is 5.97 Å². The number of aliphatic carboxylic acids is 1. The van der Waals surface area contributed by atoms with Crippen LogP contribution in [0.15, 0.2) is 36.8 Å². The Bertz CT molecular complexity index is 1040. The number of aromatic hydroxyl groups is 1. The number of amides is 3. The lowest BCUT2D eigenvalue weighted by Gasteiger charge is -2.28. The summed E-state index contributed by atoms with van der Waals surface area (Å²) in [6, 6.07) is 1.17. The van der Waals surface area contributed by atoms with Crippen molar-refractivity contribution in [1.29, 1.82) is 0 Å². The van der Waals surface area contributed by atoms with Crippen molar-refractivity contribution in [3.8, 4) is 5.75 Å². The summed E-state index contributed by atoms with van der Waals surface area (Å²) in [4.78, 5) is 57.1. The standard InChI is InChI=1S/C24H34N6O7/c1-3-13(2)20(23(35)29-19(24(36)37)9-15-10-26-12-27-15)30-22(34)18(28-21(33)17(25)11-31)8-14-4-6-16(32)7-5-14/h4-7,10,12-13,17-20,31-32H,3,8-9,11,25H2,1-2H3,(H,26,27)(H,28,33)(H,29,35)(H,30,34)(H,36,37). The molecular formula is C24H34N6O7. The zero-order valence-electron chi connectivity index (χ0n) is 20.7. The van der Waals surface area contributed by atoms with E-state index in [1.165, 1.54) is 24.7 Å². The van der Waals surface area contributed by atoms with Crippen molar-refractivity contribution in [2.45, 2.75) is 57.3 Å². The molecule has 0 radical (unpaired) electrons. The van der Waals surface area contributed by atoms with Gasteiger partial charge in [0.05, 0.1) is 12.9 Å². The minimum absolute atomic E-state index is 0.00240. The third-order valence-electron chi connectivity index (χ3n) is 5.93. The second-order valence-corrected chi connectivity index (χ2v) is 8.77. The third-order valence-corrected chi connectivity index (χ3v) is 5.93. The highest BCUT2D eigenvalue weighted by atomic mass is 16.4. The zero-order chi connectivity index (χ0) is 27.5. The maximum Gasteiger partial charge on any atom is 0.326 e. The molecule has 0 bridgehead atoms. The van der Waals surface area contributed by atoms with E-state index in [1.54, 1.807) is 19.1 Å². The van der Waals surface area contributed by atoms with E-state index in [2.05, 4.69) is 25.9 Å². The van der Waals surface area contributed by atoms with Crippen LogP contribution in [0.1, 0.15) is 31.5 Å². The number of phenols is 1. The van der Waals surface area contributed by atoms with Gasteiger partial charge in [0.15, 0.2) is 0 Å². The highest BCUT2D eigenvalue weighted by Crippen LogP contribution is 2.13. The summed E-state index contributed by atoms with van der Waals surface area (Å²) in [5.74, 6) is -3.78. The highest BCUT2D eigenvalue weighted by molar-refractivity contribution is 5.94. The average Bonchev–Trinajstić information content (AvgIpc) is 3.39. The molecule has 2 rings (SSSR count). The van der Waals surface area contributed by atoms with Crippen molar-refractivity contribution >= 4 is 23.7 Å². The Balaban J connectivity index is 2.22. The Labute approximate surface area is 213 Å². The van der Waals surface area contributed by atoms with Crippen molar-refractivity contribution in [2.24, 2.45) is 11.7 Å². The number of imidazole rings is 1. The summed E-state index contributed by atoms with van der Waals surface area (Å²) in [6.45, 7) is 2.90. The minimum Gasteiger partial charge on any atom is -0.508 e. The summed E-state index contributed by atoms with van der Waals surface area (Å²) in [7, 11) is 0. The smallest absolute Gasteiger partial charge is 0.326 e. The zero-order valence-corrected chi connectivity index (χ0v) is 20.7. The van der Waals surface area contributed by atoms with Crippen molar-refractivity contribution in [1.82, 2.24) is 25.9 Å². The molecule has 1 aromatic carbocycles. The Hall–Kier alpha value is -3.97. The van der Waals surface area contributed by atoms with Gasteiger partial charge in [0.1, 0.15) is 29.9 Å². The normalized spacial score (nSPS) is 15.0. The molecule has 0 aliphatic carbocycles. The van der Waals surface area contributed by atoms with Crippen molar-refractivity contribution in [3.63, 3.8) is 0 Å². The molecule has 0 saturated heterocycles. The first kappa shape index (κ1) is 29.3. The second kappa shape index (κ2) is 13.9. The molecule has 9 N–H and O–H groups in total. The van der Waals surface area contributed by atoms with Crippen LogP contribution < -0.4 is 21.7 Å². The predicted molar refractivity (Wildman–Crippen MR) is 132 cm³/mol. The van der Waals surface area contributed by atoms with Crippen LogP contribution in [-0.4, -0.2) is 79.8 Å². The Kier molecular flexibility index (Phi) is 11.0. The number of carbonyl (C=O) groups is 4. The number of phenolic OH excluding ortho intramolecular Hbond substituents is 1. The number of carbonyl (C=O) groups excluding carboxylic acids is 3. The van der Waals surface area contributed by atoms with Crippen LogP contribution in [0.4, 0.5) is 0 Å². The first-order chi connectivity index (χ1) is 17.5. The number of hydrogen-bond donors (Lipinski definition) is 8.